The minimum Gasteiger partial charge on any atom is -0.493 e. The summed E-state index contributed by atoms with van der Waals surface area (Å²) in [7, 11) is 1.55. The number of halogens is 1. The molecule has 0 fully saturated rings. The van der Waals surface area contributed by atoms with Crippen molar-refractivity contribution in [1.29, 1.82) is 0 Å². The van der Waals surface area contributed by atoms with Crippen LogP contribution in [-0.4, -0.2) is 26.1 Å². The lowest BCUT2D eigenvalue weighted by Crippen LogP contribution is -2.09. The van der Waals surface area contributed by atoms with Crippen molar-refractivity contribution >= 4 is 21.7 Å². The zero-order valence-corrected chi connectivity index (χ0v) is 14.1. The van der Waals surface area contributed by atoms with Crippen molar-refractivity contribution in [3.05, 3.63) is 52.5 Å². The average molecular weight is 365 g/mol. The van der Waals surface area contributed by atoms with E-state index in [1.54, 1.807) is 25.3 Å². The van der Waals surface area contributed by atoms with E-state index in [4.69, 9.17) is 14.2 Å². The molecular weight excluding hydrogens is 348 g/mol. The Bertz CT molecular complexity index is 638. The summed E-state index contributed by atoms with van der Waals surface area (Å²) < 4.78 is 17.5. The first-order valence-corrected chi connectivity index (χ1v) is 7.59. The maximum atomic E-state index is 11.3. The van der Waals surface area contributed by atoms with E-state index in [1.165, 1.54) is 6.92 Å². The number of benzene rings is 2. The van der Waals surface area contributed by atoms with E-state index in [9.17, 15) is 4.79 Å². The van der Waals surface area contributed by atoms with Crippen LogP contribution in [0.15, 0.2) is 46.9 Å². The molecular formula is C17H17BrO4. The van der Waals surface area contributed by atoms with E-state index < -0.39 is 0 Å². The van der Waals surface area contributed by atoms with Gasteiger partial charge in [-0.1, -0.05) is 15.9 Å². The first-order valence-electron chi connectivity index (χ1n) is 6.80. The van der Waals surface area contributed by atoms with Gasteiger partial charge in [-0.25, -0.2) is 0 Å². The highest BCUT2D eigenvalue weighted by Crippen LogP contribution is 2.28. The molecule has 0 aliphatic carbocycles. The summed E-state index contributed by atoms with van der Waals surface area (Å²) in [5.74, 6) is 1.90. The number of hydrogen-bond acceptors (Lipinski definition) is 4. The quantitative estimate of drug-likeness (QED) is 0.547. The van der Waals surface area contributed by atoms with Gasteiger partial charge in [0.25, 0.3) is 0 Å². The third-order valence-corrected chi connectivity index (χ3v) is 3.52. The van der Waals surface area contributed by atoms with E-state index in [-0.39, 0.29) is 5.78 Å². The third-order valence-electron chi connectivity index (χ3n) is 2.99. The highest BCUT2D eigenvalue weighted by Gasteiger charge is 2.08. The summed E-state index contributed by atoms with van der Waals surface area (Å²) in [4.78, 5) is 11.3. The van der Waals surface area contributed by atoms with E-state index in [2.05, 4.69) is 15.9 Å². The van der Waals surface area contributed by atoms with Crippen LogP contribution in [0.5, 0.6) is 17.2 Å². The number of ketones is 1. The Labute approximate surface area is 138 Å². The maximum Gasteiger partial charge on any atom is 0.161 e. The first kappa shape index (κ1) is 16.4. The van der Waals surface area contributed by atoms with Gasteiger partial charge in [-0.15, -0.1) is 0 Å². The zero-order chi connectivity index (χ0) is 15.9. The van der Waals surface area contributed by atoms with Crippen LogP contribution in [0.1, 0.15) is 17.3 Å². The van der Waals surface area contributed by atoms with Crippen LogP contribution in [0.2, 0.25) is 0 Å². The molecule has 0 bridgehead atoms. The zero-order valence-electron chi connectivity index (χ0n) is 12.5. The lowest BCUT2D eigenvalue weighted by molar-refractivity contribution is 0.101. The minimum atomic E-state index is -0.0107. The van der Waals surface area contributed by atoms with Crippen LogP contribution in [0.25, 0.3) is 0 Å². The van der Waals surface area contributed by atoms with Crippen LogP contribution in [0, 0.1) is 0 Å². The van der Waals surface area contributed by atoms with Gasteiger partial charge in [-0.05, 0) is 49.4 Å². The topological polar surface area (TPSA) is 44.8 Å². The van der Waals surface area contributed by atoms with Gasteiger partial charge < -0.3 is 14.2 Å². The first-order chi connectivity index (χ1) is 10.6. The molecule has 116 valence electrons. The van der Waals surface area contributed by atoms with Crippen LogP contribution < -0.4 is 14.2 Å². The number of carbonyl (C=O) groups is 1. The van der Waals surface area contributed by atoms with Gasteiger partial charge in [0, 0.05) is 10.0 Å². The lowest BCUT2D eigenvalue weighted by Gasteiger charge is -2.12. The monoisotopic (exact) mass is 364 g/mol. The summed E-state index contributed by atoms with van der Waals surface area (Å²) in [6.45, 7) is 2.31. The number of Topliss-reactive ketones (excluding diaryl/α,β-unsaturated/α-hetero) is 1. The fourth-order valence-electron chi connectivity index (χ4n) is 1.85. The van der Waals surface area contributed by atoms with Crippen molar-refractivity contribution in [1.82, 2.24) is 0 Å². The standard InChI is InChI=1S/C17H17BrO4/c1-12(19)13-3-8-16(17(11-13)20-2)22-10-9-21-15-6-4-14(18)5-7-15/h3-8,11H,9-10H2,1-2H3. The van der Waals surface area contributed by atoms with Gasteiger partial charge in [-0.2, -0.15) is 0 Å². The van der Waals surface area contributed by atoms with Crippen LogP contribution in [-0.2, 0) is 0 Å². The largest absolute Gasteiger partial charge is 0.493 e. The predicted molar refractivity (Wildman–Crippen MR) is 88.1 cm³/mol. The molecule has 0 heterocycles. The second-order valence-electron chi connectivity index (χ2n) is 4.57. The molecule has 2 rings (SSSR count). The molecule has 0 N–H and O–H groups in total. The predicted octanol–water partition coefficient (Wildman–Crippen LogP) is 4.12. The molecule has 0 amide bonds. The second-order valence-corrected chi connectivity index (χ2v) is 5.49. The molecule has 0 saturated heterocycles. The Morgan fingerprint density at radius 3 is 2.32 bits per heavy atom. The molecule has 2 aromatic carbocycles. The average Bonchev–Trinajstić information content (AvgIpc) is 2.53. The van der Waals surface area contributed by atoms with Crippen molar-refractivity contribution in [3.63, 3.8) is 0 Å². The van der Waals surface area contributed by atoms with Crippen molar-refractivity contribution in [3.8, 4) is 17.2 Å². The van der Waals surface area contributed by atoms with E-state index in [0.29, 0.717) is 30.3 Å². The number of hydrogen-bond donors (Lipinski definition) is 0. The highest BCUT2D eigenvalue weighted by atomic mass is 79.9. The van der Waals surface area contributed by atoms with Gasteiger partial charge >= 0.3 is 0 Å². The molecule has 2 aromatic rings. The summed E-state index contributed by atoms with van der Waals surface area (Å²) in [6.07, 6.45) is 0. The van der Waals surface area contributed by atoms with Crippen LogP contribution in [0.4, 0.5) is 0 Å². The Hall–Kier alpha value is -2.01. The number of carbonyl (C=O) groups excluding carboxylic acids is 1. The molecule has 0 radical (unpaired) electrons. The van der Waals surface area contributed by atoms with Gasteiger partial charge in [-0.3, -0.25) is 4.79 Å². The van der Waals surface area contributed by atoms with Crippen LogP contribution in [0.3, 0.4) is 0 Å². The molecule has 0 aliphatic rings. The molecule has 5 heteroatoms. The highest BCUT2D eigenvalue weighted by molar-refractivity contribution is 9.10. The number of rotatable bonds is 7. The molecule has 0 atom stereocenters. The van der Waals surface area contributed by atoms with E-state index >= 15 is 0 Å². The number of ether oxygens (including phenoxy) is 3. The summed E-state index contributed by atoms with van der Waals surface area (Å²) in [6, 6.07) is 12.7. The maximum absolute atomic E-state index is 11.3. The van der Waals surface area contributed by atoms with Gasteiger partial charge in [0.1, 0.15) is 19.0 Å². The summed E-state index contributed by atoms with van der Waals surface area (Å²) in [5.41, 5.74) is 0.593. The van der Waals surface area contributed by atoms with Gasteiger partial charge in [0.05, 0.1) is 7.11 Å². The molecule has 4 nitrogen and oxygen atoms in total. The second kappa shape index (κ2) is 7.84. The Morgan fingerprint density at radius 1 is 1.00 bits per heavy atom. The Kier molecular flexibility index (Phi) is 5.83. The van der Waals surface area contributed by atoms with Crippen LogP contribution >= 0.6 is 15.9 Å². The van der Waals surface area contributed by atoms with Crippen molar-refractivity contribution in [2.24, 2.45) is 0 Å². The van der Waals surface area contributed by atoms with Crippen molar-refractivity contribution in [2.45, 2.75) is 6.92 Å². The molecule has 0 aromatic heterocycles. The number of methoxy groups -OCH3 is 1. The molecule has 22 heavy (non-hydrogen) atoms. The Balaban J connectivity index is 1.88. The molecule has 0 saturated carbocycles. The molecule has 0 aliphatic heterocycles. The fourth-order valence-corrected chi connectivity index (χ4v) is 2.11. The Morgan fingerprint density at radius 2 is 1.68 bits per heavy atom. The van der Waals surface area contributed by atoms with Gasteiger partial charge in [0.15, 0.2) is 17.3 Å². The summed E-state index contributed by atoms with van der Waals surface area (Å²) in [5, 5.41) is 0. The summed E-state index contributed by atoms with van der Waals surface area (Å²) >= 11 is 3.37. The fraction of sp³-hybridized carbons (Fsp3) is 0.235. The van der Waals surface area contributed by atoms with E-state index in [1.807, 2.05) is 24.3 Å². The van der Waals surface area contributed by atoms with Gasteiger partial charge in [0.2, 0.25) is 0 Å². The SMILES string of the molecule is COc1cc(C(C)=O)ccc1OCCOc1ccc(Br)cc1. The molecule has 0 spiro atoms. The van der Waals surface area contributed by atoms with Crippen molar-refractivity contribution in [2.75, 3.05) is 20.3 Å². The minimum absolute atomic E-state index is 0.0107. The molecule has 0 unspecified atom stereocenters. The third kappa shape index (κ3) is 4.49. The smallest absolute Gasteiger partial charge is 0.161 e. The van der Waals surface area contributed by atoms with Crippen molar-refractivity contribution < 1.29 is 19.0 Å². The normalized spacial score (nSPS) is 10.1. The van der Waals surface area contributed by atoms with E-state index in [0.717, 1.165) is 10.2 Å². The lowest BCUT2D eigenvalue weighted by atomic mass is 10.1.